The van der Waals surface area contributed by atoms with E-state index in [1.807, 2.05) is 0 Å². The summed E-state index contributed by atoms with van der Waals surface area (Å²) >= 11 is 0. The maximum atomic E-state index is 13.0. The number of amides is 1. The first-order valence-electron chi connectivity index (χ1n) is 7.44. The molecule has 0 heterocycles. The largest absolute Gasteiger partial charge is 0.480 e. The first kappa shape index (κ1) is 18.5. The zero-order valence-corrected chi connectivity index (χ0v) is 13.6. The summed E-state index contributed by atoms with van der Waals surface area (Å²) in [6.07, 6.45) is -5.78. The number of carbonyl (C=O) groups excluding carboxylic acids is 2. The number of hydrogen-bond acceptors (Lipinski definition) is 3. The average molecular weight is 351 g/mol. The van der Waals surface area contributed by atoms with Gasteiger partial charge in [-0.3, -0.25) is 9.59 Å². The lowest BCUT2D eigenvalue weighted by Gasteiger charge is -2.19. The standard InChI is InChI=1S/C18H16F3NO3/c1-11(23)13-7-3-5-9-15(13)22-17(24)12(2)25-16-10-6-4-8-14(16)18(19,20)21/h3-10,12H,1-2H3,(H,22,24). The minimum Gasteiger partial charge on any atom is -0.480 e. The highest BCUT2D eigenvalue weighted by atomic mass is 19.4. The molecule has 0 aromatic heterocycles. The predicted octanol–water partition coefficient (Wildman–Crippen LogP) is 4.31. The zero-order valence-electron chi connectivity index (χ0n) is 13.6. The third-order valence-electron chi connectivity index (χ3n) is 3.43. The smallest absolute Gasteiger partial charge is 0.419 e. The number of carbonyl (C=O) groups is 2. The molecule has 7 heteroatoms. The van der Waals surface area contributed by atoms with Gasteiger partial charge in [0.2, 0.25) is 0 Å². The molecule has 0 saturated heterocycles. The van der Waals surface area contributed by atoms with Crippen molar-refractivity contribution in [1.29, 1.82) is 0 Å². The van der Waals surface area contributed by atoms with Crippen LogP contribution in [0.4, 0.5) is 18.9 Å². The quantitative estimate of drug-likeness (QED) is 0.817. The molecule has 0 bridgehead atoms. The minimum absolute atomic E-state index is 0.244. The summed E-state index contributed by atoms with van der Waals surface area (Å²) < 4.78 is 44.1. The van der Waals surface area contributed by atoms with Crippen molar-refractivity contribution in [3.05, 3.63) is 59.7 Å². The normalized spacial score (nSPS) is 12.4. The first-order chi connectivity index (χ1) is 11.7. The van der Waals surface area contributed by atoms with Crippen molar-refractivity contribution in [2.75, 3.05) is 5.32 Å². The van der Waals surface area contributed by atoms with Crippen LogP contribution in [0.25, 0.3) is 0 Å². The molecule has 1 atom stereocenters. The van der Waals surface area contributed by atoms with Crippen LogP contribution < -0.4 is 10.1 Å². The fourth-order valence-corrected chi connectivity index (χ4v) is 2.18. The lowest BCUT2D eigenvalue weighted by molar-refractivity contribution is -0.140. The number of nitrogens with one attached hydrogen (secondary N) is 1. The van der Waals surface area contributed by atoms with Gasteiger partial charge in [0.1, 0.15) is 5.75 Å². The van der Waals surface area contributed by atoms with E-state index in [0.717, 1.165) is 12.1 Å². The zero-order chi connectivity index (χ0) is 18.6. The van der Waals surface area contributed by atoms with Crippen LogP contribution in [0, 0.1) is 0 Å². The van der Waals surface area contributed by atoms with Gasteiger partial charge >= 0.3 is 6.18 Å². The van der Waals surface area contributed by atoms with E-state index in [2.05, 4.69) is 5.32 Å². The lowest BCUT2D eigenvalue weighted by atomic mass is 10.1. The molecule has 0 spiro atoms. The van der Waals surface area contributed by atoms with E-state index in [0.29, 0.717) is 5.56 Å². The molecule has 25 heavy (non-hydrogen) atoms. The van der Waals surface area contributed by atoms with E-state index in [4.69, 9.17) is 4.74 Å². The van der Waals surface area contributed by atoms with Crippen molar-refractivity contribution in [1.82, 2.24) is 0 Å². The molecule has 0 saturated carbocycles. The van der Waals surface area contributed by atoms with Gasteiger partial charge in [0.15, 0.2) is 11.9 Å². The Morgan fingerprint density at radius 2 is 1.64 bits per heavy atom. The Hall–Kier alpha value is -2.83. The van der Waals surface area contributed by atoms with Crippen LogP contribution in [0.3, 0.4) is 0 Å². The first-order valence-corrected chi connectivity index (χ1v) is 7.44. The van der Waals surface area contributed by atoms with Gasteiger partial charge in [-0.1, -0.05) is 24.3 Å². The second-order valence-electron chi connectivity index (χ2n) is 5.35. The van der Waals surface area contributed by atoms with Gasteiger partial charge in [-0.05, 0) is 38.1 Å². The Bertz CT molecular complexity index is 787. The summed E-state index contributed by atoms with van der Waals surface area (Å²) in [6.45, 7) is 2.68. The fraction of sp³-hybridized carbons (Fsp3) is 0.222. The van der Waals surface area contributed by atoms with E-state index in [1.54, 1.807) is 18.2 Å². The van der Waals surface area contributed by atoms with Crippen LogP contribution >= 0.6 is 0 Å². The number of alkyl halides is 3. The van der Waals surface area contributed by atoms with Gasteiger partial charge in [-0.15, -0.1) is 0 Å². The Kier molecular flexibility index (Phi) is 5.46. The maximum absolute atomic E-state index is 13.0. The molecule has 132 valence electrons. The van der Waals surface area contributed by atoms with Gasteiger partial charge in [0.05, 0.1) is 11.3 Å². The average Bonchev–Trinajstić information content (AvgIpc) is 2.54. The Morgan fingerprint density at radius 3 is 2.28 bits per heavy atom. The van der Waals surface area contributed by atoms with Crippen LogP contribution in [0.5, 0.6) is 5.75 Å². The molecular formula is C18H16F3NO3. The number of ether oxygens (including phenoxy) is 1. The minimum atomic E-state index is -4.59. The molecule has 1 amide bonds. The van der Waals surface area contributed by atoms with Crippen LogP contribution in [0.15, 0.2) is 48.5 Å². The molecular weight excluding hydrogens is 335 g/mol. The van der Waals surface area contributed by atoms with Gasteiger partial charge in [-0.2, -0.15) is 13.2 Å². The third kappa shape index (κ3) is 4.59. The number of halogens is 3. The molecule has 2 aromatic rings. The number of ketones is 1. The SMILES string of the molecule is CC(=O)c1ccccc1NC(=O)C(C)Oc1ccccc1C(F)(F)F. The lowest BCUT2D eigenvalue weighted by Crippen LogP contribution is -2.31. The summed E-state index contributed by atoms with van der Waals surface area (Å²) in [6, 6.07) is 11.0. The van der Waals surface area contributed by atoms with Gasteiger partial charge in [0.25, 0.3) is 5.91 Å². The number of benzene rings is 2. The summed E-state index contributed by atoms with van der Waals surface area (Å²) in [4.78, 5) is 23.8. The summed E-state index contributed by atoms with van der Waals surface area (Å²) in [5.41, 5.74) is -0.378. The number of hydrogen-bond donors (Lipinski definition) is 1. The van der Waals surface area contributed by atoms with Crippen LogP contribution in [-0.2, 0) is 11.0 Å². The molecule has 0 radical (unpaired) electrons. The van der Waals surface area contributed by atoms with Crippen LogP contribution in [0.2, 0.25) is 0 Å². The maximum Gasteiger partial charge on any atom is 0.419 e. The van der Waals surface area contributed by atoms with Crippen LogP contribution in [-0.4, -0.2) is 17.8 Å². The Balaban J connectivity index is 2.16. The molecule has 0 aliphatic heterocycles. The van der Waals surface area contributed by atoms with Crippen molar-refractivity contribution < 1.29 is 27.5 Å². The fourth-order valence-electron chi connectivity index (χ4n) is 2.18. The van der Waals surface area contributed by atoms with Crippen molar-refractivity contribution >= 4 is 17.4 Å². The van der Waals surface area contributed by atoms with Gasteiger partial charge < -0.3 is 10.1 Å². The number of Topliss-reactive ketones (excluding diaryl/α,β-unsaturated/α-hetero) is 1. The van der Waals surface area contributed by atoms with E-state index in [1.165, 1.54) is 32.0 Å². The van der Waals surface area contributed by atoms with Crippen molar-refractivity contribution in [2.45, 2.75) is 26.1 Å². The third-order valence-corrected chi connectivity index (χ3v) is 3.43. The van der Waals surface area contributed by atoms with Gasteiger partial charge in [0, 0.05) is 5.56 Å². The molecule has 1 N–H and O–H groups in total. The second kappa shape index (κ2) is 7.38. The van der Waals surface area contributed by atoms with E-state index < -0.39 is 29.5 Å². The molecule has 0 aliphatic rings. The molecule has 4 nitrogen and oxygen atoms in total. The van der Waals surface area contributed by atoms with Crippen molar-refractivity contribution in [3.63, 3.8) is 0 Å². The topological polar surface area (TPSA) is 55.4 Å². The molecule has 2 aromatic carbocycles. The van der Waals surface area contributed by atoms with E-state index >= 15 is 0 Å². The number of anilines is 1. The highest BCUT2D eigenvalue weighted by molar-refractivity contribution is 6.04. The van der Waals surface area contributed by atoms with Crippen molar-refractivity contribution in [3.8, 4) is 5.75 Å². The summed E-state index contributed by atoms with van der Waals surface area (Å²) in [5, 5.41) is 2.50. The molecule has 0 aliphatic carbocycles. The monoisotopic (exact) mass is 351 g/mol. The summed E-state index contributed by atoms with van der Waals surface area (Å²) in [5.74, 6) is -1.34. The molecule has 1 unspecified atom stereocenters. The van der Waals surface area contributed by atoms with Crippen molar-refractivity contribution in [2.24, 2.45) is 0 Å². The summed E-state index contributed by atoms with van der Waals surface area (Å²) in [7, 11) is 0. The predicted molar refractivity (Wildman–Crippen MR) is 86.6 cm³/mol. The highest BCUT2D eigenvalue weighted by Gasteiger charge is 2.34. The molecule has 0 fully saturated rings. The Labute approximate surface area is 142 Å². The van der Waals surface area contributed by atoms with E-state index in [9.17, 15) is 22.8 Å². The van der Waals surface area contributed by atoms with E-state index in [-0.39, 0.29) is 11.5 Å². The van der Waals surface area contributed by atoms with Crippen LogP contribution in [0.1, 0.15) is 29.8 Å². The number of para-hydroxylation sites is 2. The molecule has 2 rings (SSSR count). The Morgan fingerprint density at radius 1 is 1.04 bits per heavy atom. The highest BCUT2D eigenvalue weighted by Crippen LogP contribution is 2.36. The second-order valence-corrected chi connectivity index (χ2v) is 5.35. The van der Waals surface area contributed by atoms with Gasteiger partial charge in [-0.25, -0.2) is 0 Å². The number of rotatable bonds is 5.